The van der Waals surface area contributed by atoms with E-state index in [2.05, 4.69) is 0 Å². The standard InChI is InChI=1S/C11H13NOS/c12-11(13)7-9-14-8-6-10-4-2-1-3-5-10/h1-6,8H,7,9H2,(H2,12,13). The molecule has 0 spiro atoms. The topological polar surface area (TPSA) is 43.1 Å². The minimum Gasteiger partial charge on any atom is -0.370 e. The molecule has 0 heterocycles. The molecule has 0 radical (unpaired) electrons. The summed E-state index contributed by atoms with van der Waals surface area (Å²) in [5, 5.41) is 1.98. The number of carbonyl (C=O) groups is 1. The van der Waals surface area contributed by atoms with Crippen molar-refractivity contribution in [2.75, 3.05) is 5.75 Å². The Hall–Kier alpha value is -1.22. The van der Waals surface area contributed by atoms with Crippen LogP contribution >= 0.6 is 11.8 Å². The molecular weight excluding hydrogens is 194 g/mol. The van der Waals surface area contributed by atoms with Gasteiger partial charge in [0.25, 0.3) is 0 Å². The highest BCUT2D eigenvalue weighted by atomic mass is 32.2. The zero-order valence-electron chi connectivity index (χ0n) is 7.85. The lowest BCUT2D eigenvalue weighted by Gasteiger charge is -1.92. The van der Waals surface area contributed by atoms with Crippen LogP contribution in [0.25, 0.3) is 6.08 Å². The number of nitrogens with two attached hydrogens (primary N) is 1. The normalized spacial score (nSPS) is 10.6. The van der Waals surface area contributed by atoms with Gasteiger partial charge in [-0.3, -0.25) is 4.79 Å². The van der Waals surface area contributed by atoms with Crippen LogP contribution in [0.2, 0.25) is 0 Å². The van der Waals surface area contributed by atoms with Gasteiger partial charge in [-0.05, 0) is 17.0 Å². The summed E-state index contributed by atoms with van der Waals surface area (Å²) < 4.78 is 0. The van der Waals surface area contributed by atoms with Crippen LogP contribution < -0.4 is 5.73 Å². The summed E-state index contributed by atoms with van der Waals surface area (Å²) in [4.78, 5) is 10.4. The van der Waals surface area contributed by atoms with Gasteiger partial charge >= 0.3 is 0 Å². The van der Waals surface area contributed by atoms with Crippen molar-refractivity contribution in [3.8, 4) is 0 Å². The third kappa shape index (κ3) is 4.72. The fraction of sp³-hybridized carbons (Fsp3) is 0.182. The molecule has 1 aromatic carbocycles. The van der Waals surface area contributed by atoms with Crippen molar-refractivity contribution in [2.45, 2.75) is 6.42 Å². The quantitative estimate of drug-likeness (QED) is 0.753. The van der Waals surface area contributed by atoms with Gasteiger partial charge in [-0.2, -0.15) is 0 Å². The average Bonchev–Trinajstić information content (AvgIpc) is 2.18. The molecule has 3 heteroatoms. The lowest BCUT2D eigenvalue weighted by Crippen LogP contribution is -2.10. The molecular formula is C11H13NOS. The Morgan fingerprint density at radius 1 is 1.36 bits per heavy atom. The Balaban J connectivity index is 2.25. The molecule has 0 unspecified atom stereocenters. The van der Waals surface area contributed by atoms with E-state index in [4.69, 9.17) is 5.73 Å². The first-order valence-corrected chi connectivity index (χ1v) is 5.45. The molecule has 0 atom stereocenters. The summed E-state index contributed by atoms with van der Waals surface area (Å²) in [5.74, 6) is 0.504. The Bertz CT molecular complexity index is 308. The van der Waals surface area contributed by atoms with Crippen LogP contribution in [0, 0.1) is 0 Å². The van der Waals surface area contributed by atoms with Crippen molar-refractivity contribution in [2.24, 2.45) is 5.73 Å². The first kappa shape index (κ1) is 10.9. The van der Waals surface area contributed by atoms with Crippen LogP contribution in [0.3, 0.4) is 0 Å². The number of rotatable bonds is 5. The molecule has 0 fully saturated rings. The van der Waals surface area contributed by atoms with Crippen LogP contribution in [-0.2, 0) is 4.79 Å². The van der Waals surface area contributed by atoms with Gasteiger partial charge in [-0.25, -0.2) is 0 Å². The molecule has 0 bridgehead atoms. The highest BCUT2D eigenvalue weighted by Crippen LogP contribution is 2.08. The molecule has 0 aliphatic rings. The molecule has 1 rings (SSSR count). The third-order valence-corrected chi connectivity index (χ3v) is 2.39. The van der Waals surface area contributed by atoms with E-state index >= 15 is 0 Å². The molecule has 1 aromatic rings. The van der Waals surface area contributed by atoms with Gasteiger partial charge in [0.05, 0.1) is 0 Å². The fourth-order valence-corrected chi connectivity index (χ4v) is 1.63. The summed E-state index contributed by atoms with van der Waals surface area (Å²) in [5.41, 5.74) is 6.18. The van der Waals surface area contributed by atoms with Crippen molar-refractivity contribution in [3.05, 3.63) is 41.3 Å². The van der Waals surface area contributed by atoms with E-state index in [1.807, 2.05) is 41.8 Å². The van der Waals surface area contributed by atoms with Crippen LogP contribution in [0.1, 0.15) is 12.0 Å². The molecule has 0 saturated carbocycles. The third-order valence-electron chi connectivity index (χ3n) is 1.62. The van der Waals surface area contributed by atoms with Gasteiger partial charge in [-0.1, -0.05) is 30.3 Å². The maximum Gasteiger partial charge on any atom is 0.218 e. The number of primary amides is 1. The van der Waals surface area contributed by atoms with Gasteiger partial charge in [0, 0.05) is 12.2 Å². The van der Waals surface area contributed by atoms with E-state index in [9.17, 15) is 4.79 Å². The summed E-state index contributed by atoms with van der Waals surface area (Å²) >= 11 is 1.60. The van der Waals surface area contributed by atoms with Crippen LogP contribution in [0.4, 0.5) is 0 Å². The molecule has 2 N–H and O–H groups in total. The lowest BCUT2D eigenvalue weighted by atomic mass is 10.2. The summed E-state index contributed by atoms with van der Waals surface area (Å²) in [6, 6.07) is 10.0. The summed E-state index contributed by atoms with van der Waals surface area (Å²) in [6.07, 6.45) is 2.45. The van der Waals surface area contributed by atoms with E-state index in [1.165, 1.54) is 5.56 Å². The first-order chi connectivity index (χ1) is 6.79. The zero-order chi connectivity index (χ0) is 10.2. The second-order valence-corrected chi connectivity index (χ2v) is 3.81. The highest BCUT2D eigenvalue weighted by Gasteiger charge is 1.91. The van der Waals surface area contributed by atoms with Crippen molar-refractivity contribution in [1.29, 1.82) is 0 Å². The largest absolute Gasteiger partial charge is 0.370 e. The minimum absolute atomic E-state index is 0.245. The summed E-state index contributed by atoms with van der Waals surface area (Å²) in [7, 11) is 0. The van der Waals surface area contributed by atoms with Gasteiger partial charge < -0.3 is 5.73 Å². The predicted octanol–water partition coefficient (Wildman–Crippen LogP) is 2.27. The minimum atomic E-state index is -0.245. The maximum absolute atomic E-state index is 10.4. The van der Waals surface area contributed by atoms with Crippen LogP contribution in [0.5, 0.6) is 0 Å². The molecule has 2 nitrogen and oxygen atoms in total. The number of thioether (sulfide) groups is 1. The van der Waals surface area contributed by atoms with Crippen molar-refractivity contribution >= 4 is 23.7 Å². The molecule has 0 aliphatic carbocycles. The number of amides is 1. The van der Waals surface area contributed by atoms with E-state index in [0.717, 1.165) is 5.75 Å². The van der Waals surface area contributed by atoms with E-state index < -0.39 is 0 Å². The fourth-order valence-electron chi connectivity index (χ4n) is 0.918. The SMILES string of the molecule is NC(=O)CCSC=Cc1ccccc1. The van der Waals surface area contributed by atoms with Crippen LogP contribution in [-0.4, -0.2) is 11.7 Å². The number of benzene rings is 1. The van der Waals surface area contributed by atoms with Crippen molar-refractivity contribution in [3.63, 3.8) is 0 Å². The van der Waals surface area contributed by atoms with Crippen LogP contribution in [0.15, 0.2) is 35.7 Å². The van der Waals surface area contributed by atoms with Gasteiger partial charge in [-0.15, -0.1) is 11.8 Å². The Labute approximate surface area is 88.2 Å². The molecule has 0 aromatic heterocycles. The second-order valence-electron chi connectivity index (χ2n) is 2.80. The van der Waals surface area contributed by atoms with Gasteiger partial charge in [0.2, 0.25) is 5.91 Å². The molecule has 74 valence electrons. The monoisotopic (exact) mass is 207 g/mol. The molecule has 0 saturated heterocycles. The molecule has 1 amide bonds. The summed E-state index contributed by atoms with van der Waals surface area (Å²) in [6.45, 7) is 0. The van der Waals surface area contributed by atoms with E-state index in [1.54, 1.807) is 11.8 Å². The molecule has 0 aliphatic heterocycles. The van der Waals surface area contributed by atoms with Gasteiger partial charge in [0.1, 0.15) is 0 Å². The van der Waals surface area contributed by atoms with E-state index in [-0.39, 0.29) is 5.91 Å². The molecule has 14 heavy (non-hydrogen) atoms. The highest BCUT2D eigenvalue weighted by molar-refractivity contribution is 8.02. The van der Waals surface area contributed by atoms with Gasteiger partial charge in [0.15, 0.2) is 0 Å². The number of hydrogen-bond donors (Lipinski definition) is 1. The number of hydrogen-bond acceptors (Lipinski definition) is 2. The average molecular weight is 207 g/mol. The van der Waals surface area contributed by atoms with E-state index in [0.29, 0.717) is 6.42 Å². The Kier molecular flexibility index (Phi) is 4.86. The predicted molar refractivity (Wildman–Crippen MR) is 61.7 cm³/mol. The maximum atomic E-state index is 10.4. The zero-order valence-corrected chi connectivity index (χ0v) is 8.67. The number of carbonyl (C=O) groups excluding carboxylic acids is 1. The Morgan fingerprint density at radius 3 is 2.71 bits per heavy atom. The van der Waals surface area contributed by atoms with Crippen molar-refractivity contribution < 1.29 is 4.79 Å². The smallest absolute Gasteiger partial charge is 0.218 e. The Morgan fingerprint density at radius 2 is 2.07 bits per heavy atom. The lowest BCUT2D eigenvalue weighted by molar-refractivity contribution is -0.117. The van der Waals surface area contributed by atoms with Crippen molar-refractivity contribution in [1.82, 2.24) is 0 Å². The first-order valence-electron chi connectivity index (χ1n) is 4.40. The second kappa shape index (κ2) is 6.27.